The van der Waals surface area contributed by atoms with Crippen molar-refractivity contribution in [3.05, 3.63) is 51.5 Å². The number of alkyl halides is 3. The Hall–Kier alpha value is -2.88. The first-order chi connectivity index (χ1) is 15.2. The van der Waals surface area contributed by atoms with Crippen molar-refractivity contribution < 1.29 is 22.6 Å². The summed E-state index contributed by atoms with van der Waals surface area (Å²) in [5.74, 6) is 0.100. The molecule has 0 aliphatic carbocycles. The summed E-state index contributed by atoms with van der Waals surface area (Å²) in [5, 5.41) is 12.5. The van der Waals surface area contributed by atoms with Crippen molar-refractivity contribution in [2.75, 3.05) is 34.0 Å². The predicted octanol–water partition coefficient (Wildman–Crippen LogP) is 5.15. The Labute approximate surface area is 184 Å². The van der Waals surface area contributed by atoms with E-state index >= 15 is 0 Å². The monoisotopic (exact) mass is 450 g/mol. The zero-order valence-corrected chi connectivity index (χ0v) is 18.1. The van der Waals surface area contributed by atoms with Crippen molar-refractivity contribution in [2.45, 2.75) is 32.0 Å². The maximum Gasteiger partial charge on any atom is 0.416 e. The average Bonchev–Trinajstić information content (AvgIpc) is 2.75. The molecular weight excluding hydrogens is 425 g/mol. The van der Waals surface area contributed by atoms with Gasteiger partial charge >= 0.3 is 6.18 Å². The first-order valence-corrected chi connectivity index (χ1v) is 10.1. The first-order valence-electron chi connectivity index (χ1n) is 10.1. The lowest BCUT2D eigenvalue weighted by atomic mass is 9.89. The topological polar surface area (TPSA) is 96.2 Å². The van der Waals surface area contributed by atoms with E-state index in [1.807, 2.05) is 7.05 Å². The van der Waals surface area contributed by atoms with Gasteiger partial charge in [-0.1, -0.05) is 5.11 Å². The van der Waals surface area contributed by atoms with Crippen LogP contribution in [-0.4, -0.2) is 49.1 Å². The summed E-state index contributed by atoms with van der Waals surface area (Å²) in [6.45, 7) is 3.33. The van der Waals surface area contributed by atoms with Gasteiger partial charge in [-0.3, -0.25) is 0 Å². The summed E-state index contributed by atoms with van der Waals surface area (Å²) in [7, 11) is 3.40. The summed E-state index contributed by atoms with van der Waals surface area (Å²) in [4.78, 5) is 5.19. The number of aromatic nitrogens is 2. The van der Waals surface area contributed by atoms with Gasteiger partial charge in [0.25, 0.3) is 0 Å². The molecule has 2 heterocycles. The van der Waals surface area contributed by atoms with Crippen LogP contribution in [0.3, 0.4) is 0 Å². The van der Waals surface area contributed by atoms with Crippen LogP contribution in [0, 0.1) is 12.8 Å². The minimum absolute atomic E-state index is 0.00711. The lowest BCUT2D eigenvalue weighted by Crippen LogP contribution is -2.34. The SMILES string of the molecule is COCOc1cc(C(F)(F)F)ccc1-c1nnc(C(N=[N+]=[N-])C2CCCN(C)C2)cc1C. The largest absolute Gasteiger partial charge is 0.467 e. The molecular formula is C21H25F3N6O2. The fourth-order valence-electron chi connectivity index (χ4n) is 3.97. The van der Waals surface area contributed by atoms with Crippen LogP contribution >= 0.6 is 0 Å². The van der Waals surface area contributed by atoms with Crippen molar-refractivity contribution in [3.8, 4) is 17.0 Å². The molecule has 172 valence electrons. The molecule has 0 bridgehead atoms. The highest BCUT2D eigenvalue weighted by atomic mass is 19.4. The molecule has 1 aromatic carbocycles. The average molecular weight is 450 g/mol. The fourth-order valence-corrected chi connectivity index (χ4v) is 3.97. The quantitative estimate of drug-likeness (QED) is 0.252. The van der Waals surface area contributed by atoms with Gasteiger partial charge in [0.1, 0.15) is 5.75 Å². The molecule has 8 nitrogen and oxygen atoms in total. The maximum absolute atomic E-state index is 13.2. The van der Waals surface area contributed by atoms with Crippen LogP contribution in [0.2, 0.25) is 0 Å². The van der Waals surface area contributed by atoms with Gasteiger partial charge in [0.2, 0.25) is 0 Å². The molecule has 2 aromatic rings. The van der Waals surface area contributed by atoms with E-state index in [0.717, 1.165) is 38.1 Å². The van der Waals surface area contributed by atoms with Crippen molar-refractivity contribution in [2.24, 2.45) is 11.0 Å². The molecule has 0 saturated carbocycles. The van der Waals surface area contributed by atoms with E-state index < -0.39 is 17.8 Å². The Morgan fingerprint density at radius 1 is 1.31 bits per heavy atom. The highest BCUT2D eigenvalue weighted by molar-refractivity contribution is 5.70. The minimum atomic E-state index is -4.51. The van der Waals surface area contributed by atoms with Gasteiger partial charge in [-0.2, -0.15) is 18.3 Å². The van der Waals surface area contributed by atoms with Crippen LogP contribution in [0.4, 0.5) is 13.2 Å². The van der Waals surface area contributed by atoms with Crippen LogP contribution in [0.5, 0.6) is 5.75 Å². The number of benzene rings is 1. The normalized spacial score (nSPS) is 18.1. The van der Waals surface area contributed by atoms with Crippen LogP contribution in [0.25, 0.3) is 21.7 Å². The smallest absolute Gasteiger partial charge is 0.416 e. The molecule has 0 radical (unpaired) electrons. The number of hydrogen-bond acceptors (Lipinski definition) is 6. The molecule has 2 atom stereocenters. The summed E-state index contributed by atoms with van der Waals surface area (Å²) in [6.07, 6.45) is -2.61. The molecule has 1 aliphatic heterocycles. The van der Waals surface area contributed by atoms with Crippen LogP contribution in [0.1, 0.15) is 35.7 Å². The van der Waals surface area contributed by atoms with E-state index in [9.17, 15) is 13.2 Å². The van der Waals surface area contributed by atoms with Gasteiger partial charge < -0.3 is 14.4 Å². The van der Waals surface area contributed by atoms with Gasteiger partial charge in [0.05, 0.1) is 23.0 Å². The van der Waals surface area contributed by atoms with E-state index in [-0.39, 0.29) is 18.5 Å². The third-order valence-corrected chi connectivity index (χ3v) is 5.49. The predicted molar refractivity (Wildman–Crippen MR) is 112 cm³/mol. The molecule has 1 fully saturated rings. The van der Waals surface area contributed by atoms with Gasteiger partial charge in [0, 0.05) is 24.1 Å². The summed E-state index contributed by atoms with van der Waals surface area (Å²) < 4.78 is 49.7. The number of halogens is 3. The highest BCUT2D eigenvalue weighted by Crippen LogP contribution is 2.38. The molecule has 1 aromatic heterocycles. The van der Waals surface area contributed by atoms with Crippen molar-refractivity contribution in [3.63, 3.8) is 0 Å². The van der Waals surface area contributed by atoms with Crippen molar-refractivity contribution >= 4 is 0 Å². The zero-order valence-electron chi connectivity index (χ0n) is 18.1. The number of rotatable bonds is 7. The van der Waals surface area contributed by atoms with Crippen molar-refractivity contribution in [1.82, 2.24) is 15.1 Å². The molecule has 1 aliphatic rings. The Morgan fingerprint density at radius 3 is 2.72 bits per heavy atom. The number of azide groups is 1. The van der Waals surface area contributed by atoms with E-state index in [1.54, 1.807) is 13.0 Å². The Bertz CT molecular complexity index is 994. The summed E-state index contributed by atoms with van der Waals surface area (Å²) >= 11 is 0. The number of piperidine rings is 1. The number of aryl methyl sites for hydroxylation is 1. The first kappa shape index (κ1) is 23.8. The molecule has 2 unspecified atom stereocenters. The third-order valence-electron chi connectivity index (χ3n) is 5.49. The number of likely N-dealkylation sites (tertiary alicyclic amines) is 1. The molecule has 0 spiro atoms. The molecule has 0 amide bonds. The van der Waals surface area contributed by atoms with Crippen LogP contribution in [-0.2, 0) is 10.9 Å². The number of ether oxygens (including phenoxy) is 2. The number of nitrogens with zero attached hydrogens (tertiary/aromatic N) is 6. The van der Waals surface area contributed by atoms with E-state index in [2.05, 4.69) is 25.1 Å². The van der Waals surface area contributed by atoms with Crippen LogP contribution < -0.4 is 4.74 Å². The molecule has 1 saturated heterocycles. The van der Waals surface area contributed by atoms with Crippen molar-refractivity contribution in [1.29, 1.82) is 0 Å². The second-order valence-corrected chi connectivity index (χ2v) is 7.87. The fraction of sp³-hybridized carbons (Fsp3) is 0.524. The third kappa shape index (κ3) is 5.48. The van der Waals surface area contributed by atoms with Gasteiger partial charge in [-0.15, -0.1) is 5.10 Å². The van der Waals surface area contributed by atoms with Crippen LogP contribution in [0.15, 0.2) is 29.4 Å². The Kier molecular flexibility index (Phi) is 7.55. The number of hydrogen-bond donors (Lipinski definition) is 0. The summed E-state index contributed by atoms with van der Waals surface area (Å²) in [5.41, 5.74) is 10.2. The zero-order chi connectivity index (χ0) is 23.3. The Balaban J connectivity index is 1.98. The van der Waals surface area contributed by atoms with Gasteiger partial charge in [-0.05, 0) is 74.6 Å². The maximum atomic E-state index is 13.2. The molecule has 11 heteroatoms. The van der Waals surface area contributed by atoms with E-state index in [1.165, 1.54) is 13.2 Å². The van der Waals surface area contributed by atoms with E-state index in [0.29, 0.717) is 22.5 Å². The number of methoxy groups -OCH3 is 1. The standard InChI is InChI=1S/C21H25F3N6O2/c1-13-9-17(20(28-29-25)14-5-4-8-30(2)11-14)26-27-19(13)16-7-6-15(21(22,23)24)10-18(16)32-12-31-3/h6-7,9-10,14,20H,4-5,8,11-12H2,1-3H3. The summed E-state index contributed by atoms with van der Waals surface area (Å²) in [6, 6.07) is 4.51. The van der Waals surface area contributed by atoms with Gasteiger partial charge in [0.15, 0.2) is 6.79 Å². The second-order valence-electron chi connectivity index (χ2n) is 7.87. The lowest BCUT2D eigenvalue weighted by molar-refractivity contribution is -0.137. The molecule has 3 rings (SSSR count). The molecule has 0 N–H and O–H groups in total. The Morgan fingerprint density at radius 2 is 2.09 bits per heavy atom. The van der Waals surface area contributed by atoms with Gasteiger partial charge in [-0.25, -0.2) is 0 Å². The second kappa shape index (κ2) is 10.2. The van der Waals surface area contributed by atoms with E-state index in [4.69, 9.17) is 15.0 Å². The lowest BCUT2D eigenvalue weighted by Gasteiger charge is -2.32. The molecule has 32 heavy (non-hydrogen) atoms. The highest BCUT2D eigenvalue weighted by Gasteiger charge is 2.32. The minimum Gasteiger partial charge on any atom is -0.467 e.